The monoisotopic (exact) mass is 213 g/mol. The maximum Gasteiger partial charge on any atom is 0.233 e. The Balaban J connectivity index is 2.29. The molecule has 1 aliphatic rings. The van der Waals surface area contributed by atoms with Crippen LogP contribution in [0, 0.1) is 5.92 Å². The minimum atomic E-state index is 0.0355. The van der Waals surface area contributed by atoms with Crippen LogP contribution in [0.1, 0.15) is 12.8 Å². The summed E-state index contributed by atoms with van der Waals surface area (Å²) in [4.78, 5) is 24.5. The summed E-state index contributed by atoms with van der Waals surface area (Å²) in [6.45, 7) is 2.09. The molecule has 0 aliphatic carbocycles. The van der Waals surface area contributed by atoms with E-state index in [1.165, 1.54) is 0 Å². The third-order valence-electron chi connectivity index (χ3n) is 2.85. The van der Waals surface area contributed by atoms with E-state index in [0.29, 0.717) is 6.54 Å². The van der Waals surface area contributed by atoms with E-state index in [2.05, 4.69) is 15.5 Å². The van der Waals surface area contributed by atoms with E-state index >= 15 is 0 Å². The van der Waals surface area contributed by atoms with Gasteiger partial charge in [-0.25, -0.2) is 0 Å². The number of nitrogens with one attached hydrogen (secondary N) is 2. The number of carbonyl (C=O) groups excluding carboxylic acids is 2. The van der Waals surface area contributed by atoms with Crippen LogP contribution in [-0.2, 0) is 9.59 Å². The molecule has 1 heterocycles. The van der Waals surface area contributed by atoms with Gasteiger partial charge in [-0.3, -0.25) is 14.5 Å². The van der Waals surface area contributed by atoms with Crippen LogP contribution in [0.25, 0.3) is 0 Å². The number of hydrogen-bond donors (Lipinski definition) is 2. The Hall–Kier alpha value is -1.10. The molecule has 0 aromatic carbocycles. The van der Waals surface area contributed by atoms with Gasteiger partial charge >= 0.3 is 0 Å². The first-order valence-corrected chi connectivity index (χ1v) is 5.32. The van der Waals surface area contributed by atoms with Gasteiger partial charge in [-0.15, -0.1) is 0 Å². The first-order chi connectivity index (χ1) is 7.17. The van der Waals surface area contributed by atoms with Gasteiger partial charge in [0.2, 0.25) is 11.8 Å². The maximum atomic E-state index is 11.3. The summed E-state index contributed by atoms with van der Waals surface area (Å²) >= 11 is 0. The van der Waals surface area contributed by atoms with Gasteiger partial charge in [-0.1, -0.05) is 0 Å². The fourth-order valence-corrected chi connectivity index (χ4v) is 1.84. The van der Waals surface area contributed by atoms with Gasteiger partial charge in [0.15, 0.2) is 0 Å². The molecule has 5 nitrogen and oxygen atoms in total. The Bertz CT molecular complexity index is 235. The van der Waals surface area contributed by atoms with Crippen molar-refractivity contribution in [1.82, 2.24) is 15.5 Å². The molecular weight excluding hydrogens is 194 g/mol. The predicted molar refractivity (Wildman–Crippen MR) is 57.3 cm³/mol. The molecule has 2 amide bonds. The molecule has 0 aromatic rings. The summed E-state index contributed by atoms with van der Waals surface area (Å²) in [5.74, 6) is 0.277. The Morgan fingerprint density at radius 1 is 1.20 bits per heavy atom. The summed E-state index contributed by atoms with van der Waals surface area (Å²) < 4.78 is 0. The van der Waals surface area contributed by atoms with Crippen molar-refractivity contribution in [3.05, 3.63) is 0 Å². The predicted octanol–water partition coefficient (Wildman–Crippen LogP) is -0.810. The van der Waals surface area contributed by atoms with Gasteiger partial charge in [0.1, 0.15) is 0 Å². The molecule has 2 N–H and O–H groups in total. The molecule has 1 rings (SSSR count). The van der Waals surface area contributed by atoms with Crippen LogP contribution in [0.3, 0.4) is 0 Å². The Kier molecular flexibility index (Phi) is 4.55. The van der Waals surface area contributed by atoms with Crippen LogP contribution < -0.4 is 10.6 Å². The highest BCUT2D eigenvalue weighted by molar-refractivity contribution is 5.79. The molecule has 0 bridgehead atoms. The van der Waals surface area contributed by atoms with Crippen LogP contribution in [0.5, 0.6) is 0 Å². The summed E-state index contributed by atoms with van der Waals surface area (Å²) in [6, 6.07) is 0. The standard InChI is InChI=1S/C10H19N3O2/c1-11-9(14)7-13-5-3-8(4-6-13)10(15)12-2/h8H,3-7H2,1-2H3,(H,11,14)(H,12,15). The molecule has 1 fully saturated rings. The zero-order valence-electron chi connectivity index (χ0n) is 9.38. The van der Waals surface area contributed by atoms with Crippen molar-refractivity contribution in [3.63, 3.8) is 0 Å². The van der Waals surface area contributed by atoms with E-state index in [1.54, 1.807) is 14.1 Å². The molecule has 86 valence electrons. The van der Waals surface area contributed by atoms with Crippen molar-refractivity contribution in [2.75, 3.05) is 33.7 Å². The molecule has 0 unspecified atom stereocenters. The van der Waals surface area contributed by atoms with Crippen molar-refractivity contribution >= 4 is 11.8 Å². The minimum absolute atomic E-state index is 0.0355. The summed E-state index contributed by atoms with van der Waals surface area (Å²) in [5.41, 5.74) is 0. The smallest absolute Gasteiger partial charge is 0.233 e. The molecule has 0 saturated carbocycles. The first kappa shape index (κ1) is 12.0. The fraction of sp³-hybridized carbons (Fsp3) is 0.800. The second-order valence-corrected chi connectivity index (χ2v) is 3.84. The third-order valence-corrected chi connectivity index (χ3v) is 2.85. The largest absolute Gasteiger partial charge is 0.359 e. The van der Waals surface area contributed by atoms with Crippen LogP contribution in [0.4, 0.5) is 0 Å². The topological polar surface area (TPSA) is 61.4 Å². The number of piperidine rings is 1. The van der Waals surface area contributed by atoms with Gasteiger partial charge in [0.25, 0.3) is 0 Å². The highest BCUT2D eigenvalue weighted by Crippen LogP contribution is 2.16. The molecule has 0 spiro atoms. The zero-order chi connectivity index (χ0) is 11.3. The third kappa shape index (κ3) is 3.51. The number of rotatable bonds is 3. The highest BCUT2D eigenvalue weighted by Gasteiger charge is 2.24. The minimum Gasteiger partial charge on any atom is -0.359 e. The molecule has 0 atom stereocenters. The van der Waals surface area contributed by atoms with Crippen molar-refractivity contribution in [2.24, 2.45) is 5.92 Å². The molecule has 1 saturated heterocycles. The SMILES string of the molecule is CNC(=O)CN1CCC(C(=O)NC)CC1. The first-order valence-electron chi connectivity index (χ1n) is 5.32. The van der Waals surface area contributed by atoms with Crippen LogP contribution >= 0.6 is 0 Å². The van der Waals surface area contributed by atoms with Gasteiger partial charge in [-0.05, 0) is 25.9 Å². The number of likely N-dealkylation sites (N-methyl/N-ethyl adjacent to an activating group) is 1. The number of nitrogens with zero attached hydrogens (tertiary/aromatic N) is 1. The van der Waals surface area contributed by atoms with E-state index in [1.807, 2.05) is 0 Å². The lowest BCUT2D eigenvalue weighted by atomic mass is 9.96. The van der Waals surface area contributed by atoms with E-state index in [-0.39, 0.29) is 17.7 Å². The number of carbonyl (C=O) groups is 2. The van der Waals surface area contributed by atoms with Crippen molar-refractivity contribution in [3.8, 4) is 0 Å². The second kappa shape index (κ2) is 5.70. The number of amides is 2. The van der Waals surface area contributed by atoms with Crippen molar-refractivity contribution < 1.29 is 9.59 Å². The van der Waals surface area contributed by atoms with E-state index in [9.17, 15) is 9.59 Å². The molecule has 1 aliphatic heterocycles. The van der Waals surface area contributed by atoms with E-state index < -0.39 is 0 Å². The Labute approximate surface area is 90.2 Å². The Morgan fingerprint density at radius 3 is 2.27 bits per heavy atom. The van der Waals surface area contributed by atoms with E-state index in [4.69, 9.17) is 0 Å². The van der Waals surface area contributed by atoms with Gasteiger partial charge in [0, 0.05) is 20.0 Å². The van der Waals surface area contributed by atoms with Crippen LogP contribution in [0.2, 0.25) is 0 Å². The van der Waals surface area contributed by atoms with Gasteiger partial charge in [-0.2, -0.15) is 0 Å². The van der Waals surface area contributed by atoms with E-state index in [0.717, 1.165) is 25.9 Å². The lowest BCUT2D eigenvalue weighted by molar-refractivity contribution is -0.126. The van der Waals surface area contributed by atoms with Crippen LogP contribution in [-0.4, -0.2) is 50.4 Å². The lowest BCUT2D eigenvalue weighted by Gasteiger charge is -2.30. The number of likely N-dealkylation sites (tertiary alicyclic amines) is 1. The average molecular weight is 213 g/mol. The summed E-state index contributed by atoms with van der Waals surface area (Å²) in [7, 11) is 3.30. The summed E-state index contributed by atoms with van der Waals surface area (Å²) in [6.07, 6.45) is 1.69. The molecular formula is C10H19N3O2. The number of hydrogen-bond acceptors (Lipinski definition) is 3. The highest BCUT2D eigenvalue weighted by atomic mass is 16.2. The zero-order valence-corrected chi connectivity index (χ0v) is 9.38. The van der Waals surface area contributed by atoms with Crippen molar-refractivity contribution in [1.29, 1.82) is 0 Å². The van der Waals surface area contributed by atoms with Crippen LogP contribution in [0.15, 0.2) is 0 Å². The normalized spacial score (nSPS) is 18.5. The van der Waals surface area contributed by atoms with Gasteiger partial charge < -0.3 is 10.6 Å². The molecule has 5 heteroatoms. The Morgan fingerprint density at radius 2 is 1.80 bits per heavy atom. The van der Waals surface area contributed by atoms with Crippen molar-refractivity contribution in [2.45, 2.75) is 12.8 Å². The molecule has 0 aromatic heterocycles. The summed E-state index contributed by atoms with van der Waals surface area (Å²) in [5, 5.41) is 5.26. The molecule has 0 radical (unpaired) electrons. The molecule has 15 heavy (non-hydrogen) atoms. The lowest BCUT2D eigenvalue weighted by Crippen LogP contribution is -2.43. The fourth-order valence-electron chi connectivity index (χ4n) is 1.84. The second-order valence-electron chi connectivity index (χ2n) is 3.84. The maximum absolute atomic E-state index is 11.3. The quantitative estimate of drug-likeness (QED) is 0.644. The average Bonchev–Trinajstić information content (AvgIpc) is 2.29. The van der Waals surface area contributed by atoms with Gasteiger partial charge in [0.05, 0.1) is 6.54 Å².